The van der Waals surface area contributed by atoms with Crippen LogP contribution >= 0.6 is 0 Å². The van der Waals surface area contributed by atoms with Gasteiger partial charge in [-0.1, -0.05) is 35.9 Å². The fraction of sp³-hybridized carbons (Fsp3) is 0.429. The van der Waals surface area contributed by atoms with E-state index in [9.17, 15) is 0 Å². The molecule has 0 bridgehead atoms. The van der Waals surface area contributed by atoms with Crippen LogP contribution in [0.4, 0.5) is 0 Å². The van der Waals surface area contributed by atoms with Gasteiger partial charge in [0.05, 0.1) is 6.61 Å². The minimum absolute atomic E-state index is 0. The summed E-state index contributed by atoms with van der Waals surface area (Å²) in [4.78, 5) is 0. The Morgan fingerprint density at radius 2 is 1.68 bits per heavy atom. The molecule has 4 nitrogen and oxygen atoms in total. The smallest absolute Gasteiger partial charge is 0.400 e. The SMILES string of the molecule is CO.NCCNCCO.[CH2-]Cc1ccccc1.[CH3-].[Ti+2]. The molecule has 110 valence electrons. The molecule has 5 heteroatoms. The average molecular weight is 304 g/mol. The predicted octanol–water partition coefficient (Wildman–Crippen LogP) is 0.646. The van der Waals surface area contributed by atoms with Gasteiger partial charge in [-0.25, -0.2) is 0 Å². The van der Waals surface area contributed by atoms with Gasteiger partial charge in [-0.3, -0.25) is 0 Å². The number of aliphatic hydroxyl groups excluding tert-OH is 2. The molecule has 0 radical (unpaired) electrons. The maximum absolute atomic E-state index is 8.19. The van der Waals surface area contributed by atoms with E-state index in [1.54, 1.807) is 0 Å². The molecule has 0 aliphatic heterocycles. The van der Waals surface area contributed by atoms with E-state index in [0.717, 1.165) is 20.1 Å². The third-order valence-electron chi connectivity index (χ3n) is 1.74. The van der Waals surface area contributed by atoms with Crippen LogP contribution in [-0.4, -0.2) is 43.6 Å². The number of nitrogens with one attached hydrogen (secondary N) is 1. The molecule has 0 spiro atoms. The molecule has 5 N–H and O–H groups in total. The summed E-state index contributed by atoms with van der Waals surface area (Å²) in [7, 11) is 1.00. The Bertz CT molecular complexity index is 220. The molecule has 0 unspecified atom stereocenters. The average Bonchev–Trinajstić information content (AvgIpc) is 2.43. The van der Waals surface area contributed by atoms with E-state index in [1.807, 2.05) is 18.2 Å². The van der Waals surface area contributed by atoms with Crippen LogP contribution in [0.1, 0.15) is 5.56 Å². The van der Waals surface area contributed by atoms with E-state index in [2.05, 4.69) is 24.4 Å². The molecule has 0 atom stereocenters. The number of nitrogens with two attached hydrogens (primary N) is 1. The van der Waals surface area contributed by atoms with Crippen molar-refractivity contribution in [2.75, 3.05) is 33.4 Å². The summed E-state index contributed by atoms with van der Waals surface area (Å²) in [5, 5.41) is 18.1. The maximum Gasteiger partial charge on any atom is 2.00 e. The number of aliphatic hydroxyl groups is 2. The zero-order chi connectivity index (χ0) is 13.4. The fourth-order valence-electron chi connectivity index (χ4n) is 0.951. The van der Waals surface area contributed by atoms with Crippen molar-refractivity contribution >= 4 is 0 Å². The van der Waals surface area contributed by atoms with Crippen LogP contribution in [0.2, 0.25) is 0 Å². The van der Waals surface area contributed by atoms with Crippen molar-refractivity contribution in [3.05, 3.63) is 50.2 Å². The Labute approximate surface area is 133 Å². The van der Waals surface area contributed by atoms with Crippen molar-refractivity contribution in [1.29, 1.82) is 0 Å². The van der Waals surface area contributed by atoms with Crippen LogP contribution in [0.15, 0.2) is 30.3 Å². The van der Waals surface area contributed by atoms with E-state index < -0.39 is 0 Å². The van der Waals surface area contributed by atoms with Gasteiger partial charge in [0.1, 0.15) is 0 Å². The number of hydrogen-bond donors (Lipinski definition) is 4. The summed E-state index contributed by atoms with van der Waals surface area (Å²) >= 11 is 0. The zero-order valence-corrected chi connectivity index (χ0v) is 13.7. The molecule has 1 aromatic rings. The van der Waals surface area contributed by atoms with Gasteiger partial charge in [0.2, 0.25) is 0 Å². The first-order chi connectivity index (χ1) is 8.35. The molecule has 19 heavy (non-hydrogen) atoms. The summed E-state index contributed by atoms with van der Waals surface area (Å²) in [6.07, 6.45) is 0.890. The van der Waals surface area contributed by atoms with Gasteiger partial charge in [-0.15, -0.1) is 0 Å². The largest absolute Gasteiger partial charge is 2.00 e. The molecule has 0 aliphatic carbocycles. The van der Waals surface area contributed by atoms with E-state index in [-0.39, 0.29) is 35.8 Å². The first-order valence-electron chi connectivity index (χ1n) is 5.64. The molecule has 0 aromatic heterocycles. The number of rotatable bonds is 5. The van der Waals surface area contributed by atoms with E-state index in [0.29, 0.717) is 13.1 Å². The molecule has 0 aliphatic rings. The standard InChI is InChI=1S/C8H9.C4H12N2O.CH4O.CH3.Ti/c1-2-8-6-4-3-5-7-8;5-1-2-6-3-4-7;1-2;;/h3-7H,1-2H2;6-7H,1-5H2;2H,1H3;1H3;/q-1;;;-1;+2. The van der Waals surface area contributed by atoms with Gasteiger partial charge in [0.15, 0.2) is 0 Å². The predicted molar refractivity (Wildman–Crippen MR) is 79.1 cm³/mol. The Morgan fingerprint density at radius 1 is 1.16 bits per heavy atom. The molecule has 0 heterocycles. The molecule has 1 aromatic carbocycles. The van der Waals surface area contributed by atoms with Crippen LogP contribution in [0.25, 0.3) is 0 Å². The Hall–Kier alpha value is -0.226. The topological polar surface area (TPSA) is 78.5 Å². The van der Waals surface area contributed by atoms with Gasteiger partial charge < -0.3 is 35.6 Å². The monoisotopic (exact) mass is 304 g/mol. The summed E-state index contributed by atoms with van der Waals surface area (Å²) < 4.78 is 0. The van der Waals surface area contributed by atoms with Crippen molar-refractivity contribution in [2.24, 2.45) is 5.73 Å². The van der Waals surface area contributed by atoms with E-state index in [1.165, 1.54) is 5.56 Å². The second kappa shape index (κ2) is 26.4. The minimum Gasteiger partial charge on any atom is -0.400 e. The first-order valence-corrected chi connectivity index (χ1v) is 5.64. The van der Waals surface area contributed by atoms with Gasteiger partial charge in [0, 0.05) is 26.7 Å². The van der Waals surface area contributed by atoms with Crippen molar-refractivity contribution in [3.8, 4) is 0 Å². The van der Waals surface area contributed by atoms with E-state index >= 15 is 0 Å². The summed E-state index contributed by atoms with van der Waals surface area (Å²) in [6, 6.07) is 10.2. The summed E-state index contributed by atoms with van der Waals surface area (Å²) in [5.41, 5.74) is 6.42. The second-order valence-corrected chi connectivity index (χ2v) is 3.00. The van der Waals surface area contributed by atoms with Gasteiger partial charge in [-0.2, -0.15) is 6.42 Å². The van der Waals surface area contributed by atoms with E-state index in [4.69, 9.17) is 15.9 Å². The van der Waals surface area contributed by atoms with Crippen LogP contribution in [0.5, 0.6) is 0 Å². The molecule has 0 saturated carbocycles. The van der Waals surface area contributed by atoms with Crippen molar-refractivity contribution in [3.63, 3.8) is 0 Å². The van der Waals surface area contributed by atoms with Gasteiger partial charge >= 0.3 is 21.7 Å². The van der Waals surface area contributed by atoms with Crippen LogP contribution in [0, 0.1) is 14.4 Å². The van der Waals surface area contributed by atoms with Crippen molar-refractivity contribution in [2.45, 2.75) is 6.42 Å². The van der Waals surface area contributed by atoms with Crippen molar-refractivity contribution in [1.82, 2.24) is 5.32 Å². The summed E-state index contributed by atoms with van der Waals surface area (Å²) in [5.74, 6) is 0. The third kappa shape index (κ3) is 23.3. The zero-order valence-electron chi connectivity index (χ0n) is 12.1. The minimum atomic E-state index is 0. The summed E-state index contributed by atoms with van der Waals surface area (Å²) in [6.45, 7) is 6.03. The molecular formula is C14H28N2O2Ti. The normalized spacial score (nSPS) is 7.63. The Kier molecular flexibility index (Phi) is 37.7. The van der Waals surface area contributed by atoms with Gasteiger partial charge in [-0.05, 0) is 0 Å². The third-order valence-corrected chi connectivity index (χ3v) is 1.74. The quantitative estimate of drug-likeness (QED) is 0.366. The van der Waals surface area contributed by atoms with Crippen LogP contribution in [-0.2, 0) is 28.1 Å². The number of hydrogen-bond acceptors (Lipinski definition) is 4. The Balaban J connectivity index is -0.0000000965. The van der Waals surface area contributed by atoms with Crippen LogP contribution < -0.4 is 11.1 Å². The first kappa shape index (κ1) is 27.2. The van der Waals surface area contributed by atoms with Crippen LogP contribution in [0.3, 0.4) is 0 Å². The fourth-order valence-corrected chi connectivity index (χ4v) is 0.951. The second-order valence-electron chi connectivity index (χ2n) is 3.00. The molecule has 1 rings (SSSR count). The van der Waals surface area contributed by atoms with Crippen molar-refractivity contribution < 1.29 is 31.9 Å². The molecule has 0 amide bonds. The number of benzene rings is 1. The molecular weight excluding hydrogens is 276 g/mol. The maximum atomic E-state index is 8.19. The molecule has 0 saturated heterocycles. The Morgan fingerprint density at radius 3 is 2.00 bits per heavy atom. The molecule has 0 fully saturated rings. The van der Waals surface area contributed by atoms with Gasteiger partial charge in [0.25, 0.3) is 0 Å².